The number of anilines is 1. The van der Waals surface area contributed by atoms with Crippen LogP contribution in [0.25, 0.3) is 0 Å². The summed E-state index contributed by atoms with van der Waals surface area (Å²) < 4.78 is 0. The Balaban J connectivity index is 1.64. The van der Waals surface area contributed by atoms with E-state index in [1.165, 1.54) is 11.8 Å². The van der Waals surface area contributed by atoms with Crippen LogP contribution in [-0.2, 0) is 19.8 Å². The first kappa shape index (κ1) is 18.7. The molecule has 2 unspecified atom stereocenters. The number of nitrogens with zero attached hydrogens (tertiary/aromatic N) is 2. The zero-order valence-corrected chi connectivity index (χ0v) is 17.3. The van der Waals surface area contributed by atoms with Gasteiger partial charge in [-0.25, -0.2) is 4.90 Å². The van der Waals surface area contributed by atoms with Gasteiger partial charge in [-0.2, -0.15) is 5.26 Å². The topological polar surface area (TPSA) is 78.2 Å². The maximum atomic E-state index is 13.9. The molecule has 0 radical (unpaired) electrons. The molecule has 1 fully saturated rings. The van der Waals surface area contributed by atoms with E-state index in [0.717, 1.165) is 22.3 Å². The Morgan fingerprint density at radius 2 is 1.44 bits per heavy atom. The third-order valence-corrected chi connectivity index (χ3v) is 7.43. The summed E-state index contributed by atoms with van der Waals surface area (Å²) in [6.07, 6.45) is 0. The third-order valence-electron chi connectivity index (χ3n) is 7.43. The third kappa shape index (κ3) is 2.00. The zero-order valence-electron chi connectivity index (χ0n) is 17.3. The highest BCUT2D eigenvalue weighted by atomic mass is 16.2. The van der Waals surface area contributed by atoms with Crippen molar-refractivity contribution in [1.29, 1.82) is 5.26 Å². The average molecular weight is 418 g/mol. The van der Waals surface area contributed by atoms with E-state index in [4.69, 9.17) is 5.26 Å². The van der Waals surface area contributed by atoms with Crippen LogP contribution in [0.3, 0.4) is 0 Å². The molecule has 7 rings (SSSR count). The number of rotatable bonds is 2. The van der Waals surface area contributed by atoms with Crippen LogP contribution in [0.1, 0.15) is 40.7 Å². The quantitative estimate of drug-likeness (QED) is 0.595. The van der Waals surface area contributed by atoms with Crippen LogP contribution in [0.5, 0.6) is 0 Å². The van der Waals surface area contributed by atoms with Gasteiger partial charge in [-0.05, 0) is 53.4 Å². The summed E-state index contributed by atoms with van der Waals surface area (Å²) in [4.78, 5) is 42.4. The second-order valence-electron chi connectivity index (χ2n) is 8.69. The predicted octanol–water partition coefficient (Wildman–Crippen LogP) is 3.70. The van der Waals surface area contributed by atoms with E-state index in [9.17, 15) is 14.4 Å². The monoisotopic (exact) mass is 418 g/mol. The van der Waals surface area contributed by atoms with Crippen LogP contribution in [0.15, 0.2) is 72.8 Å². The van der Waals surface area contributed by atoms with Gasteiger partial charge in [0.05, 0.1) is 34.6 Å². The van der Waals surface area contributed by atoms with E-state index in [0.29, 0.717) is 11.3 Å². The maximum Gasteiger partial charge on any atom is 0.239 e. The SMILES string of the molecule is CC(=O)C12c3ccccc3C(c3ccccc31)C1C(=O)N(c3ccc(C#N)cc3)C(=O)C12. The number of imide groups is 1. The molecule has 5 heteroatoms. The molecule has 2 bridgehead atoms. The molecular formula is C27H18N2O3. The van der Waals surface area contributed by atoms with Crippen LogP contribution < -0.4 is 4.90 Å². The number of benzene rings is 3. The van der Waals surface area contributed by atoms with Crippen molar-refractivity contribution in [2.75, 3.05) is 4.90 Å². The first-order valence-electron chi connectivity index (χ1n) is 10.6. The fraction of sp³-hybridized carbons (Fsp3) is 0.185. The van der Waals surface area contributed by atoms with Gasteiger partial charge in [-0.15, -0.1) is 0 Å². The maximum absolute atomic E-state index is 13.9. The standard InChI is InChI=1S/C27H18N2O3/c1-15(30)27-20-8-4-2-6-18(20)22(19-7-3-5-9-21(19)27)23-24(27)26(32)29(25(23)31)17-12-10-16(14-28)11-13-17/h2-13,22-24H,1H3. The number of ketones is 1. The molecule has 1 aliphatic heterocycles. The molecule has 0 saturated carbocycles. The fourth-order valence-electron chi connectivity index (χ4n) is 6.31. The number of amides is 2. The van der Waals surface area contributed by atoms with Crippen molar-refractivity contribution in [1.82, 2.24) is 0 Å². The van der Waals surface area contributed by atoms with E-state index in [1.54, 1.807) is 24.3 Å². The van der Waals surface area contributed by atoms with Gasteiger partial charge in [0.1, 0.15) is 5.78 Å². The number of hydrogen-bond donors (Lipinski definition) is 0. The number of nitriles is 1. The normalized spacial score (nSPS) is 26.9. The lowest BCUT2D eigenvalue weighted by atomic mass is 9.46. The average Bonchev–Trinajstić information content (AvgIpc) is 3.09. The van der Waals surface area contributed by atoms with Gasteiger partial charge in [-0.3, -0.25) is 14.4 Å². The van der Waals surface area contributed by atoms with Crippen LogP contribution in [0, 0.1) is 23.2 Å². The summed E-state index contributed by atoms with van der Waals surface area (Å²) in [5, 5.41) is 9.10. The Hall–Kier alpha value is -4.04. The Morgan fingerprint density at radius 3 is 1.97 bits per heavy atom. The lowest BCUT2D eigenvalue weighted by Crippen LogP contribution is -2.57. The van der Waals surface area contributed by atoms with Crippen molar-refractivity contribution in [3.63, 3.8) is 0 Å². The van der Waals surface area contributed by atoms with Gasteiger partial charge in [0.25, 0.3) is 0 Å². The Labute approximate surface area is 184 Å². The van der Waals surface area contributed by atoms with Crippen molar-refractivity contribution < 1.29 is 14.4 Å². The molecule has 154 valence electrons. The minimum absolute atomic E-state index is 0.131. The molecule has 4 aliphatic rings. The van der Waals surface area contributed by atoms with Gasteiger partial charge in [0, 0.05) is 5.92 Å². The van der Waals surface area contributed by atoms with Crippen molar-refractivity contribution in [3.8, 4) is 6.07 Å². The molecule has 1 heterocycles. The second-order valence-corrected chi connectivity index (χ2v) is 8.69. The van der Waals surface area contributed by atoms with Crippen molar-refractivity contribution in [2.24, 2.45) is 11.8 Å². The van der Waals surface area contributed by atoms with Crippen LogP contribution in [0.2, 0.25) is 0 Å². The summed E-state index contributed by atoms with van der Waals surface area (Å²) in [5.74, 6) is -2.50. The highest BCUT2D eigenvalue weighted by molar-refractivity contribution is 6.25. The Morgan fingerprint density at radius 1 is 0.875 bits per heavy atom. The van der Waals surface area contributed by atoms with Gasteiger partial charge in [-0.1, -0.05) is 48.5 Å². The smallest absolute Gasteiger partial charge is 0.239 e. The van der Waals surface area contributed by atoms with Crippen molar-refractivity contribution >= 4 is 23.3 Å². The molecule has 1 saturated heterocycles. The molecule has 3 aromatic carbocycles. The van der Waals surface area contributed by atoms with Crippen LogP contribution in [-0.4, -0.2) is 17.6 Å². The summed E-state index contributed by atoms with van der Waals surface area (Å²) in [6.45, 7) is 1.53. The predicted molar refractivity (Wildman–Crippen MR) is 117 cm³/mol. The van der Waals surface area contributed by atoms with Gasteiger partial charge < -0.3 is 0 Å². The number of hydrogen-bond acceptors (Lipinski definition) is 4. The Bertz CT molecular complexity index is 1340. The molecule has 32 heavy (non-hydrogen) atoms. The molecular weight excluding hydrogens is 400 g/mol. The lowest BCUT2D eigenvalue weighted by Gasteiger charge is -2.52. The lowest BCUT2D eigenvalue weighted by molar-refractivity contribution is -0.132. The molecule has 5 nitrogen and oxygen atoms in total. The summed E-state index contributed by atoms with van der Waals surface area (Å²) in [5.41, 5.74) is 3.25. The van der Waals surface area contributed by atoms with Gasteiger partial charge in [0.2, 0.25) is 11.8 Å². The van der Waals surface area contributed by atoms with Gasteiger partial charge >= 0.3 is 0 Å². The van der Waals surface area contributed by atoms with E-state index in [2.05, 4.69) is 6.07 Å². The van der Waals surface area contributed by atoms with Crippen LogP contribution in [0.4, 0.5) is 5.69 Å². The number of carbonyl (C=O) groups excluding carboxylic acids is 3. The van der Waals surface area contributed by atoms with Crippen molar-refractivity contribution in [3.05, 3.63) is 101 Å². The summed E-state index contributed by atoms with van der Waals surface area (Å²) in [6, 6.07) is 23.9. The van der Waals surface area contributed by atoms with E-state index in [1.807, 2.05) is 48.5 Å². The van der Waals surface area contributed by atoms with Crippen LogP contribution >= 0.6 is 0 Å². The molecule has 0 aromatic heterocycles. The minimum atomic E-state index is -1.19. The van der Waals surface area contributed by atoms with E-state index >= 15 is 0 Å². The van der Waals surface area contributed by atoms with Crippen molar-refractivity contribution in [2.45, 2.75) is 18.3 Å². The molecule has 0 spiro atoms. The molecule has 3 aromatic rings. The summed E-state index contributed by atoms with van der Waals surface area (Å²) in [7, 11) is 0. The molecule has 0 N–H and O–H groups in total. The fourth-order valence-corrected chi connectivity index (χ4v) is 6.31. The first-order valence-corrected chi connectivity index (χ1v) is 10.6. The minimum Gasteiger partial charge on any atom is -0.299 e. The van der Waals surface area contributed by atoms with E-state index < -0.39 is 17.3 Å². The number of carbonyl (C=O) groups is 3. The first-order chi connectivity index (χ1) is 15.5. The molecule has 2 atom stereocenters. The highest BCUT2D eigenvalue weighted by Crippen LogP contribution is 2.64. The second kappa shape index (κ2) is 6.24. The Kier molecular flexibility index (Phi) is 3.65. The largest absolute Gasteiger partial charge is 0.299 e. The number of Topliss-reactive ketones (excluding diaryl/α,β-unsaturated/α-hetero) is 1. The molecule has 3 aliphatic carbocycles. The van der Waals surface area contributed by atoms with Gasteiger partial charge in [0.15, 0.2) is 0 Å². The van der Waals surface area contributed by atoms with E-state index in [-0.39, 0.29) is 23.5 Å². The summed E-state index contributed by atoms with van der Waals surface area (Å²) >= 11 is 0. The highest BCUT2D eigenvalue weighted by Gasteiger charge is 2.69. The molecule has 2 amide bonds. The zero-order chi connectivity index (χ0) is 22.2.